The van der Waals surface area contributed by atoms with Gasteiger partial charge in [0.15, 0.2) is 0 Å². The molecule has 0 radical (unpaired) electrons. The van der Waals surface area contributed by atoms with Crippen LogP contribution < -0.4 is 5.32 Å². The van der Waals surface area contributed by atoms with Crippen LogP contribution in [0.25, 0.3) is 0 Å². The molecule has 0 aliphatic rings. The standard InChI is InChI=1S/C19H24N2O2/c1-13(2)11-17(15-7-5-14(3)6-8-15)21-18-10-9-16(12-20-18)19(22)23-4/h5-10,12-13,17H,11H2,1-4H3,(H,20,21). The Hall–Kier alpha value is -2.36. The summed E-state index contributed by atoms with van der Waals surface area (Å²) in [6.07, 6.45) is 2.54. The average molecular weight is 312 g/mol. The highest BCUT2D eigenvalue weighted by atomic mass is 16.5. The lowest BCUT2D eigenvalue weighted by Crippen LogP contribution is -2.14. The molecule has 4 nitrogen and oxygen atoms in total. The van der Waals surface area contributed by atoms with Crippen LogP contribution >= 0.6 is 0 Å². The first-order chi connectivity index (χ1) is 11.0. The highest BCUT2D eigenvalue weighted by Gasteiger charge is 2.14. The van der Waals surface area contributed by atoms with Gasteiger partial charge in [-0.15, -0.1) is 0 Å². The number of methoxy groups -OCH3 is 1. The smallest absolute Gasteiger partial charge is 0.339 e. The van der Waals surface area contributed by atoms with Crippen LogP contribution in [0, 0.1) is 12.8 Å². The molecule has 0 fully saturated rings. The number of esters is 1. The first kappa shape index (κ1) is 17.0. The van der Waals surface area contributed by atoms with Gasteiger partial charge >= 0.3 is 5.97 Å². The first-order valence-electron chi connectivity index (χ1n) is 7.87. The van der Waals surface area contributed by atoms with Gasteiger partial charge in [-0.25, -0.2) is 9.78 Å². The second-order valence-corrected chi connectivity index (χ2v) is 6.16. The Kier molecular flexibility index (Phi) is 5.74. The zero-order valence-electron chi connectivity index (χ0n) is 14.2. The Labute approximate surface area is 137 Å². The van der Waals surface area contributed by atoms with Crippen molar-refractivity contribution in [1.29, 1.82) is 0 Å². The van der Waals surface area contributed by atoms with Crippen LogP contribution in [0.4, 0.5) is 5.82 Å². The van der Waals surface area contributed by atoms with Crippen molar-refractivity contribution in [1.82, 2.24) is 4.98 Å². The van der Waals surface area contributed by atoms with Crippen molar-refractivity contribution >= 4 is 11.8 Å². The number of hydrogen-bond acceptors (Lipinski definition) is 4. The van der Waals surface area contributed by atoms with Gasteiger partial charge in [-0.2, -0.15) is 0 Å². The fourth-order valence-electron chi connectivity index (χ4n) is 2.44. The zero-order valence-corrected chi connectivity index (χ0v) is 14.2. The number of aryl methyl sites for hydroxylation is 1. The number of ether oxygens (including phenoxy) is 1. The molecule has 0 saturated heterocycles. The maximum Gasteiger partial charge on any atom is 0.339 e. The number of anilines is 1. The lowest BCUT2D eigenvalue weighted by molar-refractivity contribution is 0.0600. The third-order valence-electron chi connectivity index (χ3n) is 3.69. The number of carbonyl (C=O) groups excluding carboxylic acids is 1. The van der Waals surface area contributed by atoms with Gasteiger partial charge in [0, 0.05) is 6.20 Å². The van der Waals surface area contributed by atoms with E-state index in [4.69, 9.17) is 4.74 Å². The second kappa shape index (κ2) is 7.77. The van der Waals surface area contributed by atoms with Crippen LogP contribution in [-0.4, -0.2) is 18.1 Å². The molecular formula is C19H24N2O2. The maximum absolute atomic E-state index is 11.5. The number of carbonyl (C=O) groups is 1. The van der Waals surface area contributed by atoms with Gasteiger partial charge in [0.2, 0.25) is 0 Å². The Morgan fingerprint density at radius 3 is 2.39 bits per heavy atom. The van der Waals surface area contributed by atoms with E-state index >= 15 is 0 Å². The van der Waals surface area contributed by atoms with Crippen molar-refractivity contribution in [3.05, 3.63) is 59.3 Å². The predicted octanol–water partition coefficient (Wildman–Crippen LogP) is 4.38. The predicted molar refractivity (Wildman–Crippen MR) is 92.6 cm³/mol. The summed E-state index contributed by atoms with van der Waals surface area (Å²) in [5.74, 6) is 0.938. The fourth-order valence-corrected chi connectivity index (χ4v) is 2.44. The van der Waals surface area contributed by atoms with Gasteiger partial charge in [0.25, 0.3) is 0 Å². The molecule has 0 aliphatic carbocycles. The minimum Gasteiger partial charge on any atom is -0.465 e. The SMILES string of the molecule is COC(=O)c1ccc(NC(CC(C)C)c2ccc(C)cc2)nc1. The average Bonchev–Trinajstić information content (AvgIpc) is 2.54. The lowest BCUT2D eigenvalue weighted by atomic mass is 9.96. The first-order valence-corrected chi connectivity index (χ1v) is 7.87. The molecule has 0 spiro atoms. The van der Waals surface area contributed by atoms with E-state index in [1.165, 1.54) is 24.4 Å². The Balaban J connectivity index is 2.17. The second-order valence-electron chi connectivity index (χ2n) is 6.16. The number of hydrogen-bond donors (Lipinski definition) is 1. The summed E-state index contributed by atoms with van der Waals surface area (Å²) in [5, 5.41) is 3.47. The molecule has 4 heteroatoms. The zero-order chi connectivity index (χ0) is 16.8. The molecule has 2 aromatic rings. The van der Waals surface area contributed by atoms with Crippen molar-refractivity contribution in [2.24, 2.45) is 5.92 Å². The molecule has 1 unspecified atom stereocenters. The Bertz CT molecular complexity index is 633. The molecule has 1 aromatic carbocycles. The lowest BCUT2D eigenvalue weighted by Gasteiger charge is -2.22. The molecule has 1 atom stereocenters. The largest absolute Gasteiger partial charge is 0.465 e. The van der Waals surface area contributed by atoms with E-state index in [-0.39, 0.29) is 12.0 Å². The van der Waals surface area contributed by atoms with Crippen molar-refractivity contribution in [2.45, 2.75) is 33.2 Å². The third kappa shape index (κ3) is 4.81. The van der Waals surface area contributed by atoms with Crippen molar-refractivity contribution in [3.8, 4) is 0 Å². The number of nitrogens with one attached hydrogen (secondary N) is 1. The molecule has 23 heavy (non-hydrogen) atoms. The summed E-state index contributed by atoms with van der Waals surface area (Å²) >= 11 is 0. The van der Waals surface area contributed by atoms with Gasteiger partial charge in [0.1, 0.15) is 5.82 Å². The molecule has 1 N–H and O–H groups in total. The summed E-state index contributed by atoms with van der Waals surface area (Å²) in [6, 6.07) is 12.3. The van der Waals surface area contributed by atoms with Crippen LogP contribution in [0.2, 0.25) is 0 Å². The fraction of sp³-hybridized carbons (Fsp3) is 0.368. The number of benzene rings is 1. The van der Waals surface area contributed by atoms with Crippen LogP contribution in [0.3, 0.4) is 0 Å². The van der Waals surface area contributed by atoms with E-state index in [9.17, 15) is 4.79 Å². The molecule has 1 aromatic heterocycles. The summed E-state index contributed by atoms with van der Waals surface area (Å²) in [4.78, 5) is 15.8. The van der Waals surface area contributed by atoms with Crippen LogP contribution in [0.5, 0.6) is 0 Å². The minimum absolute atomic E-state index is 0.187. The Morgan fingerprint density at radius 2 is 1.87 bits per heavy atom. The van der Waals surface area contributed by atoms with Gasteiger partial charge in [-0.05, 0) is 37.0 Å². The normalized spacial score (nSPS) is 12.0. The molecule has 1 heterocycles. The monoisotopic (exact) mass is 312 g/mol. The van der Waals surface area contributed by atoms with Crippen LogP contribution in [0.15, 0.2) is 42.6 Å². The molecule has 0 saturated carbocycles. The van der Waals surface area contributed by atoms with Crippen LogP contribution in [0.1, 0.15) is 47.8 Å². The van der Waals surface area contributed by atoms with E-state index in [2.05, 4.69) is 55.3 Å². The number of aromatic nitrogens is 1. The number of rotatable bonds is 6. The topological polar surface area (TPSA) is 51.2 Å². The molecule has 122 valence electrons. The van der Waals surface area contributed by atoms with E-state index in [0.29, 0.717) is 11.5 Å². The molecular weight excluding hydrogens is 288 g/mol. The van der Waals surface area contributed by atoms with Gasteiger partial charge in [-0.3, -0.25) is 0 Å². The molecule has 0 bridgehead atoms. The number of nitrogens with zero attached hydrogens (tertiary/aromatic N) is 1. The Morgan fingerprint density at radius 1 is 1.17 bits per heavy atom. The summed E-state index contributed by atoms with van der Waals surface area (Å²) in [6.45, 7) is 6.50. The molecule has 0 aliphatic heterocycles. The maximum atomic E-state index is 11.5. The van der Waals surface area contributed by atoms with Crippen molar-refractivity contribution < 1.29 is 9.53 Å². The highest BCUT2D eigenvalue weighted by molar-refractivity contribution is 5.89. The molecule has 2 rings (SSSR count). The van der Waals surface area contributed by atoms with Crippen molar-refractivity contribution in [2.75, 3.05) is 12.4 Å². The minimum atomic E-state index is -0.374. The summed E-state index contributed by atoms with van der Waals surface area (Å²) in [5.41, 5.74) is 2.94. The third-order valence-corrected chi connectivity index (χ3v) is 3.69. The highest BCUT2D eigenvalue weighted by Crippen LogP contribution is 2.25. The number of pyridine rings is 1. The van der Waals surface area contributed by atoms with Crippen LogP contribution in [-0.2, 0) is 4.74 Å². The van der Waals surface area contributed by atoms with E-state index in [1.807, 2.05) is 6.07 Å². The summed E-state index contributed by atoms with van der Waals surface area (Å²) in [7, 11) is 1.37. The van der Waals surface area contributed by atoms with E-state index < -0.39 is 0 Å². The van der Waals surface area contributed by atoms with Gasteiger partial charge in [0.05, 0.1) is 18.7 Å². The van der Waals surface area contributed by atoms with Gasteiger partial charge < -0.3 is 10.1 Å². The van der Waals surface area contributed by atoms with E-state index in [1.54, 1.807) is 6.07 Å². The van der Waals surface area contributed by atoms with Crippen molar-refractivity contribution in [3.63, 3.8) is 0 Å². The quantitative estimate of drug-likeness (QED) is 0.804. The summed E-state index contributed by atoms with van der Waals surface area (Å²) < 4.78 is 4.69. The van der Waals surface area contributed by atoms with Gasteiger partial charge in [-0.1, -0.05) is 43.7 Å². The van der Waals surface area contributed by atoms with E-state index in [0.717, 1.165) is 12.2 Å². The molecule has 0 amide bonds.